The quantitative estimate of drug-likeness (QED) is 0.783. The Labute approximate surface area is 178 Å². The Hall–Kier alpha value is -1.73. The molecule has 5 nitrogen and oxygen atoms in total. The molecular formula is C22H26N2O3S2. The lowest BCUT2D eigenvalue weighted by Crippen LogP contribution is -2.43. The third-order valence-electron chi connectivity index (χ3n) is 7.03. The van der Waals surface area contributed by atoms with Crippen LogP contribution in [0.1, 0.15) is 38.0 Å². The van der Waals surface area contributed by atoms with Gasteiger partial charge in [-0.1, -0.05) is 25.2 Å². The van der Waals surface area contributed by atoms with Crippen molar-refractivity contribution >= 4 is 34.7 Å². The summed E-state index contributed by atoms with van der Waals surface area (Å²) < 4.78 is 6.85. The lowest BCUT2D eigenvalue weighted by atomic mass is 9.69. The number of hydrogen-bond donors (Lipinski definition) is 1. The molecule has 2 heterocycles. The van der Waals surface area contributed by atoms with E-state index < -0.39 is 0 Å². The fourth-order valence-electron chi connectivity index (χ4n) is 5.76. The number of aromatic nitrogens is 1. The van der Waals surface area contributed by atoms with Gasteiger partial charge in [0.2, 0.25) is 5.91 Å². The number of thioether (sulfide) groups is 1. The maximum atomic E-state index is 12.8. The SMILES string of the molecule is COc1ccc(NC(=O)Cn2c3c(sc2=O)C(C)(C)[C@@H]2[C@H]4CC[C@@H](C4)[C@@H]2S3)cc1. The average molecular weight is 431 g/mol. The second-order valence-corrected chi connectivity index (χ2v) is 11.2. The van der Waals surface area contributed by atoms with E-state index in [4.69, 9.17) is 4.74 Å². The number of nitrogens with one attached hydrogen (secondary N) is 1. The number of anilines is 1. The molecule has 7 heteroatoms. The van der Waals surface area contributed by atoms with E-state index in [2.05, 4.69) is 19.2 Å². The molecule has 2 saturated carbocycles. The van der Waals surface area contributed by atoms with Gasteiger partial charge in [-0.05, 0) is 61.3 Å². The molecular weight excluding hydrogens is 404 g/mol. The zero-order chi connectivity index (χ0) is 20.3. The van der Waals surface area contributed by atoms with Crippen molar-refractivity contribution in [3.05, 3.63) is 38.8 Å². The summed E-state index contributed by atoms with van der Waals surface area (Å²) in [4.78, 5) is 26.7. The normalized spacial score (nSPS) is 28.7. The summed E-state index contributed by atoms with van der Waals surface area (Å²) in [6, 6.07) is 7.23. The number of carbonyl (C=O) groups is 1. The molecule has 1 aliphatic heterocycles. The van der Waals surface area contributed by atoms with E-state index in [0.29, 0.717) is 16.9 Å². The van der Waals surface area contributed by atoms with Crippen LogP contribution in [0.5, 0.6) is 5.75 Å². The highest BCUT2D eigenvalue weighted by Crippen LogP contribution is 2.64. The Kier molecular flexibility index (Phi) is 4.59. The first-order valence-corrected chi connectivity index (χ1v) is 11.9. The number of rotatable bonds is 4. The van der Waals surface area contributed by atoms with Crippen LogP contribution in [-0.4, -0.2) is 22.8 Å². The Morgan fingerprint density at radius 1 is 1.24 bits per heavy atom. The molecule has 1 aromatic heterocycles. The van der Waals surface area contributed by atoms with Crippen LogP contribution >= 0.6 is 23.1 Å². The van der Waals surface area contributed by atoms with Crippen molar-refractivity contribution < 1.29 is 9.53 Å². The first kappa shape index (κ1) is 19.2. The van der Waals surface area contributed by atoms with Gasteiger partial charge in [-0.2, -0.15) is 0 Å². The summed E-state index contributed by atoms with van der Waals surface area (Å²) in [7, 11) is 1.61. The topological polar surface area (TPSA) is 60.3 Å². The molecule has 0 unspecified atom stereocenters. The second kappa shape index (κ2) is 6.91. The number of nitrogens with zero attached hydrogens (tertiary/aromatic N) is 1. The van der Waals surface area contributed by atoms with Crippen LogP contribution in [0.2, 0.25) is 0 Å². The highest BCUT2D eigenvalue weighted by molar-refractivity contribution is 8.00. The fourth-order valence-corrected chi connectivity index (χ4v) is 9.17. The number of carbonyl (C=O) groups excluding carboxylic acids is 1. The van der Waals surface area contributed by atoms with Crippen molar-refractivity contribution in [3.8, 4) is 5.75 Å². The van der Waals surface area contributed by atoms with Gasteiger partial charge in [0.25, 0.3) is 0 Å². The molecule has 1 N–H and O–H groups in total. The third-order valence-corrected chi connectivity index (χ3v) is 10.1. The van der Waals surface area contributed by atoms with E-state index >= 15 is 0 Å². The van der Waals surface area contributed by atoms with E-state index in [1.54, 1.807) is 23.8 Å². The predicted molar refractivity (Wildman–Crippen MR) is 117 cm³/mol. The third kappa shape index (κ3) is 3.05. The van der Waals surface area contributed by atoms with Gasteiger partial charge in [0.05, 0.1) is 12.1 Å². The molecule has 3 aliphatic rings. The lowest BCUT2D eigenvalue weighted by Gasteiger charge is -2.45. The Balaban J connectivity index is 1.40. The van der Waals surface area contributed by atoms with Crippen LogP contribution in [0.15, 0.2) is 34.1 Å². The Bertz CT molecular complexity index is 1010. The minimum atomic E-state index is -0.175. The summed E-state index contributed by atoms with van der Waals surface area (Å²) in [5.74, 6) is 2.78. The average Bonchev–Trinajstić information content (AvgIpc) is 3.38. The summed E-state index contributed by atoms with van der Waals surface area (Å²) in [5.41, 5.74) is 0.709. The number of amides is 1. The molecule has 1 aromatic carbocycles. The van der Waals surface area contributed by atoms with Gasteiger partial charge >= 0.3 is 4.87 Å². The molecule has 2 aliphatic carbocycles. The van der Waals surface area contributed by atoms with Crippen molar-refractivity contribution in [3.63, 3.8) is 0 Å². The molecule has 29 heavy (non-hydrogen) atoms. The first-order valence-electron chi connectivity index (χ1n) is 10.2. The van der Waals surface area contributed by atoms with Gasteiger partial charge in [0.1, 0.15) is 12.3 Å². The summed E-state index contributed by atoms with van der Waals surface area (Å²) >= 11 is 3.21. The maximum absolute atomic E-state index is 12.8. The number of hydrogen-bond acceptors (Lipinski definition) is 5. The molecule has 2 fully saturated rings. The Morgan fingerprint density at radius 3 is 2.69 bits per heavy atom. The van der Waals surface area contributed by atoms with Gasteiger partial charge in [0, 0.05) is 21.2 Å². The molecule has 0 radical (unpaired) electrons. The van der Waals surface area contributed by atoms with E-state index in [1.807, 2.05) is 23.9 Å². The highest BCUT2D eigenvalue weighted by Gasteiger charge is 2.57. The second-order valence-electron chi connectivity index (χ2n) is 9.03. The number of ether oxygens (including phenoxy) is 1. The van der Waals surface area contributed by atoms with Gasteiger partial charge in [-0.15, -0.1) is 11.8 Å². The molecule has 4 atom stereocenters. The molecule has 154 valence electrons. The number of thiazole rings is 1. The van der Waals surface area contributed by atoms with Crippen molar-refractivity contribution in [2.24, 2.45) is 17.8 Å². The number of methoxy groups -OCH3 is 1. The van der Waals surface area contributed by atoms with Gasteiger partial charge in [-0.25, -0.2) is 0 Å². The smallest absolute Gasteiger partial charge is 0.308 e. The van der Waals surface area contributed by atoms with E-state index in [0.717, 1.165) is 22.6 Å². The number of benzene rings is 1. The van der Waals surface area contributed by atoms with Gasteiger partial charge in [-0.3, -0.25) is 14.2 Å². The van der Waals surface area contributed by atoms with Crippen LogP contribution < -0.4 is 14.9 Å². The zero-order valence-electron chi connectivity index (χ0n) is 16.9. The van der Waals surface area contributed by atoms with Gasteiger partial charge < -0.3 is 10.1 Å². The van der Waals surface area contributed by atoms with Crippen LogP contribution in [0.4, 0.5) is 5.69 Å². The number of fused-ring (bicyclic) bond motifs is 6. The predicted octanol–water partition coefficient (Wildman–Crippen LogP) is 4.36. The molecule has 2 bridgehead atoms. The van der Waals surface area contributed by atoms with Crippen molar-refractivity contribution in [2.45, 2.75) is 55.3 Å². The summed E-state index contributed by atoms with van der Waals surface area (Å²) in [5, 5.41) is 4.52. The first-order chi connectivity index (χ1) is 13.9. The van der Waals surface area contributed by atoms with Crippen LogP contribution in [0, 0.1) is 17.8 Å². The van der Waals surface area contributed by atoms with Crippen molar-refractivity contribution in [1.29, 1.82) is 0 Å². The van der Waals surface area contributed by atoms with Crippen LogP contribution in [0.3, 0.4) is 0 Å². The molecule has 0 spiro atoms. The van der Waals surface area contributed by atoms with Crippen molar-refractivity contribution in [1.82, 2.24) is 4.57 Å². The molecule has 5 rings (SSSR count). The minimum Gasteiger partial charge on any atom is -0.497 e. The van der Waals surface area contributed by atoms with Crippen LogP contribution in [0.25, 0.3) is 0 Å². The maximum Gasteiger partial charge on any atom is 0.308 e. The summed E-state index contributed by atoms with van der Waals surface area (Å²) in [6.07, 6.45) is 3.99. The highest BCUT2D eigenvalue weighted by atomic mass is 32.2. The lowest BCUT2D eigenvalue weighted by molar-refractivity contribution is -0.116. The standard InChI is InChI=1S/C22H26N2O3S2/c1-22(2)17-12-4-5-13(10-12)18(17)28-20-19(22)29-21(26)24(20)11-16(25)23-14-6-8-15(27-3)9-7-14/h6-9,12-13,17-18H,4-5,10-11H2,1-3H3,(H,23,25)/t12-,13-,17+,18-/m0/s1. The molecule has 2 aromatic rings. The van der Waals surface area contributed by atoms with E-state index in [1.165, 1.54) is 35.5 Å². The van der Waals surface area contributed by atoms with E-state index in [-0.39, 0.29) is 22.7 Å². The largest absolute Gasteiger partial charge is 0.497 e. The zero-order valence-corrected chi connectivity index (χ0v) is 18.6. The monoisotopic (exact) mass is 430 g/mol. The van der Waals surface area contributed by atoms with E-state index in [9.17, 15) is 9.59 Å². The van der Waals surface area contributed by atoms with Crippen LogP contribution in [-0.2, 0) is 16.8 Å². The summed E-state index contributed by atoms with van der Waals surface area (Å²) in [6.45, 7) is 4.68. The molecule has 0 saturated heterocycles. The minimum absolute atomic E-state index is 0.00657. The Morgan fingerprint density at radius 2 is 1.97 bits per heavy atom. The van der Waals surface area contributed by atoms with Crippen molar-refractivity contribution in [2.75, 3.05) is 12.4 Å². The fraction of sp³-hybridized carbons (Fsp3) is 0.545. The molecule has 1 amide bonds. The van der Waals surface area contributed by atoms with Gasteiger partial charge in [0.15, 0.2) is 0 Å².